The number of para-hydroxylation sites is 1. The summed E-state index contributed by atoms with van der Waals surface area (Å²) in [4.78, 5) is 48.9. The lowest BCUT2D eigenvalue weighted by Crippen LogP contribution is -2.46. The van der Waals surface area contributed by atoms with E-state index < -0.39 is 6.04 Å². The van der Waals surface area contributed by atoms with Crippen molar-refractivity contribution in [2.24, 2.45) is 0 Å². The maximum Gasteiger partial charge on any atom is 0.264 e. The maximum absolute atomic E-state index is 13.0. The SMILES string of the molecule is CN(Cc1nc2ccccc2c(=O)[nH]1)C(=O)C1CCCN1C(=O)c1cccs1. The van der Waals surface area contributed by atoms with E-state index in [1.165, 1.54) is 16.2 Å². The number of fused-ring (bicyclic) bond motifs is 1. The van der Waals surface area contributed by atoms with Crippen LogP contribution in [0.4, 0.5) is 0 Å². The van der Waals surface area contributed by atoms with E-state index in [0.29, 0.717) is 34.6 Å². The fourth-order valence-electron chi connectivity index (χ4n) is 3.58. The van der Waals surface area contributed by atoms with Crippen LogP contribution in [-0.4, -0.2) is 51.2 Å². The maximum atomic E-state index is 13.0. The van der Waals surface area contributed by atoms with Crippen LogP contribution in [0.25, 0.3) is 10.9 Å². The normalized spacial score (nSPS) is 16.5. The summed E-state index contributed by atoms with van der Waals surface area (Å²) in [5.41, 5.74) is 0.370. The van der Waals surface area contributed by atoms with Crippen molar-refractivity contribution in [2.75, 3.05) is 13.6 Å². The van der Waals surface area contributed by atoms with Gasteiger partial charge in [0.05, 0.1) is 22.3 Å². The Bertz CT molecular complexity index is 1080. The summed E-state index contributed by atoms with van der Waals surface area (Å²) in [6.45, 7) is 0.752. The molecule has 1 N–H and O–H groups in total. The predicted octanol–water partition coefficient (Wildman–Crippen LogP) is 2.25. The number of aromatic amines is 1. The van der Waals surface area contributed by atoms with Gasteiger partial charge in [-0.3, -0.25) is 14.4 Å². The number of H-pyrrole nitrogens is 1. The zero-order valence-corrected chi connectivity index (χ0v) is 16.2. The second kappa shape index (κ2) is 7.55. The third-order valence-corrected chi connectivity index (χ3v) is 5.81. The molecule has 8 heteroatoms. The number of thiophene rings is 1. The van der Waals surface area contributed by atoms with Gasteiger partial charge in [0.2, 0.25) is 5.91 Å². The number of rotatable bonds is 4. The molecule has 1 aliphatic rings. The Morgan fingerprint density at radius 2 is 2.11 bits per heavy atom. The van der Waals surface area contributed by atoms with Gasteiger partial charge >= 0.3 is 0 Å². The van der Waals surface area contributed by atoms with Gasteiger partial charge < -0.3 is 14.8 Å². The smallest absolute Gasteiger partial charge is 0.264 e. The van der Waals surface area contributed by atoms with Crippen LogP contribution in [-0.2, 0) is 11.3 Å². The quantitative estimate of drug-likeness (QED) is 0.733. The summed E-state index contributed by atoms with van der Waals surface area (Å²) in [6.07, 6.45) is 1.44. The van der Waals surface area contributed by atoms with E-state index >= 15 is 0 Å². The summed E-state index contributed by atoms with van der Waals surface area (Å²) >= 11 is 1.38. The second-order valence-corrected chi connectivity index (χ2v) is 7.81. The molecule has 1 unspecified atom stereocenters. The minimum Gasteiger partial charge on any atom is -0.336 e. The summed E-state index contributed by atoms with van der Waals surface area (Å²) in [5, 5.41) is 2.37. The van der Waals surface area contributed by atoms with Gasteiger partial charge in [-0.2, -0.15) is 0 Å². The summed E-state index contributed by atoms with van der Waals surface area (Å²) in [7, 11) is 1.67. The fraction of sp³-hybridized carbons (Fsp3) is 0.300. The molecule has 1 aromatic carbocycles. The molecule has 1 fully saturated rings. The molecule has 7 nitrogen and oxygen atoms in total. The molecule has 3 heterocycles. The van der Waals surface area contributed by atoms with Crippen molar-refractivity contribution < 1.29 is 9.59 Å². The van der Waals surface area contributed by atoms with E-state index in [0.717, 1.165) is 6.42 Å². The molecule has 0 radical (unpaired) electrons. The number of carbonyl (C=O) groups is 2. The van der Waals surface area contributed by atoms with E-state index in [2.05, 4.69) is 9.97 Å². The first-order chi connectivity index (χ1) is 13.5. The third kappa shape index (κ3) is 3.43. The van der Waals surface area contributed by atoms with Gasteiger partial charge in [-0.15, -0.1) is 11.3 Å². The van der Waals surface area contributed by atoms with Crippen molar-refractivity contribution in [1.29, 1.82) is 0 Å². The van der Waals surface area contributed by atoms with E-state index in [9.17, 15) is 14.4 Å². The van der Waals surface area contributed by atoms with Crippen LogP contribution in [0.1, 0.15) is 28.3 Å². The Hall–Kier alpha value is -3.00. The van der Waals surface area contributed by atoms with Crippen LogP contribution < -0.4 is 5.56 Å². The predicted molar refractivity (Wildman–Crippen MR) is 107 cm³/mol. The first kappa shape index (κ1) is 18.4. The number of aromatic nitrogens is 2. The Balaban J connectivity index is 1.51. The van der Waals surface area contributed by atoms with Crippen molar-refractivity contribution in [3.8, 4) is 0 Å². The van der Waals surface area contributed by atoms with Gasteiger partial charge in [0.25, 0.3) is 11.5 Å². The molecule has 2 aromatic heterocycles. The Labute approximate surface area is 165 Å². The number of nitrogens with one attached hydrogen (secondary N) is 1. The van der Waals surface area contributed by atoms with Crippen LogP contribution in [0.3, 0.4) is 0 Å². The van der Waals surface area contributed by atoms with Crippen molar-refractivity contribution in [3.05, 3.63) is 62.8 Å². The highest BCUT2D eigenvalue weighted by Gasteiger charge is 2.36. The molecule has 28 heavy (non-hydrogen) atoms. The Morgan fingerprint density at radius 1 is 1.29 bits per heavy atom. The number of nitrogens with zero attached hydrogens (tertiary/aromatic N) is 3. The number of benzene rings is 1. The lowest BCUT2D eigenvalue weighted by molar-refractivity contribution is -0.134. The van der Waals surface area contributed by atoms with Gasteiger partial charge in [-0.1, -0.05) is 18.2 Å². The average molecular weight is 396 g/mol. The van der Waals surface area contributed by atoms with Gasteiger partial charge in [0.1, 0.15) is 11.9 Å². The molecule has 2 amide bonds. The van der Waals surface area contributed by atoms with Crippen LogP contribution in [0, 0.1) is 0 Å². The minimum atomic E-state index is -0.480. The van der Waals surface area contributed by atoms with Crippen LogP contribution in [0.5, 0.6) is 0 Å². The van der Waals surface area contributed by atoms with E-state index in [-0.39, 0.29) is 23.9 Å². The van der Waals surface area contributed by atoms with Crippen molar-refractivity contribution >= 4 is 34.1 Å². The zero-order valence-electron chi connectivity index (χ0n) is 15.4. The third-order valence-electron chi connectivity index (χ3n) is 4.96. The summed E-state index contributed by atoms with van der Waals surface area (Å²) in [5.74, 6) is 0.184. The van der Waals surface area contributed by atoms with Crippen LogP contribution >= 0.6 is 11.3 Å². The lowest BCUT2D eigenvalue weighted by atomic mass is 10.2. The summed E-state index contributed by atoms with van der Waals surface area (Å²) < 4.78 is 0. The van der Waals surface area contributed by atoms with E-state index in [1.807, 2.05) is 17.5 Å². The standard InChI is InChI=1S/C20H20N4O3S/c1-23(12-17-21-14-7-3-2-6-13(14)18(25)22-17)19(26)15-8-4-10-24(15)20(27)16-9-5-11-28-16/h2-3,5-7,9,11,15H,4,8,10,12H2,1H3,(H,21,22,25). The van der Waals surface area contributed by atoms with Gasteiger partial charge in [-0.05, 0) is 36.4 Å². The first-order valence-electron chi connectivity index (χ1n) is 9.12. The molecule has 0 saturated carbocycles. The lowest BCUT2D eigenvalue weighted by Gasteiger charge is -2.27. The topological polar surface area (TPSA) is 86.4 Å². The van der Waals surface area contributed by atoms with Gasteiger partial charge in [0, 0.05) is 13.6 Å². The molecule has 1 aliphatic heterocycles. The molecule has 1 saturated heterocycles. The van der Waals surface area contributed by atoms with Crippen molar-refractivity contribution in [2.45, 2.75) is 25.4 Å². The number of amides is 2. The van der Waals surface area contributed by atoms with Crippen molar-refractivity contribution in [3.63, 3.8) is 0 Å². The van der Waals surface area contributed by atoms with Crippen LogP contribution in [0.15, 0.2) is 46.6 Å². The van der Waals surface area contributed by atoms with Gasteiger partial charge in [-0.25, -0.2) is 4.98 Å². The monoisotopic (exact) mass is 396 g/mol. The molecule has 3 aromatic rings. The number of likely N-dealkylation sites (N-methyl/N-ethyl adjacent to an activating group) is 1. The Morgan fingerprint density at radius 3 is 2.89 bits per heavy atom. The zero-order chi connectivity index (χ0) is 19.7. The molecule has 0 spiro atoms. The molecule has 4 rings (SSSR count). The molecule has 0 bridgehead atoms. The number of hydrogen-bond donors (Lipinski definition) is 1. The number of hydrogen-bond acceptors (Lipinski definition) is 5. The second-order valence-electron chi connectivity index (χ2n) is 6.86. The highest BCUT2D eigenvalue weighted by atomic mass is 32.1. The average Bonchev–Trinajstić information content (AvgIpc) is 3.39. The molecule has 144 valence electrons. The first-order valence-corrected chi connectivity index (χ1v) is 10.00. The Kier molecular flexibility index (Phi) is 4.95. The van der Waals surface area contributed by atoms with E-state index in [4.69, 9.17) is 0 Å². The number of likely N-dealkylation sites (tertiary alicyclic amines) is 1. The number of carbonyl (C=O) groups excluding carboxylic acids is 2. The van der Waals surface area contributed by atoms with Crippen molar-refractivity contribution in [1.82, 2.24) is 19.8 Å². The fourth-order valence-corrected chi connectivity index (χ4v) is 4.25. The molecular formula is C20H20N4O3S. The largest absolute Gasteiger partial charge is 0.336 e. The molecule has 1 atom stereocenters. The van der Waals surface area contributed by atoms with Crippen LogP contribution in [0.2, 0.25) is 0 Å². The van der Waals surface area contributed by atoms with Gasteiger partial charge in [0.15, 0.2) is 0 Å². The van der Waals surface area contributed by atoms with E-state index in [1.54, 1.807) is 36.2 Å². The molecule has 0 aliphatic carbocycles. The highest BCUT2D eigenvalue weighted by Crippen LogP contribution is 2.23. The molecular weight excluding hydrogens is 376 g/mol. The highest BCUT2D eigenvalue weighted by molar-refractivity contribution is 7.12. The summed E-state index contributed by atoms with van der Waals surface area (Å²) in [6, 6.07) is 10.2. The minimum absolute atomic E-state index is 0.100.